The van der Waals surface area contributed by atoms with Crippen molar-refractivity contribution in [3.8, 4) is 11.5 Å². The highest BCUT2D eigenvalue weighted by Gasteiger charge is 2.15. The molecule has 0 saturated heterocycles. The Bertz CT molecular complexity index is 813. The van der Waals surface area contributed by atoms with Crippen molar-refractivity contribution in [2.24, 2.45) is 0 Å². The smallest absolute Gasteiger partial charge is 0.236 e. The Balaban J connectivity index is 1.63. The number of pyridine rings is 1. The number of carbonyl (C=O) groups is 1. The molecule has 3 heterocycles. The first-order valence-electron chi connectivity index (χ1n) is 6.70. The maximum atomic E-state index is 11.9. The molecule has 0 radical (unpaired) electrons. The molecule has 0 unspecified atom stereocenters. The van der Waals surface area contributed by atoms with Gasteiger partial charge in [0, 0.05) is 11.9 Å². The van der Waals surface area contributed by atoms with Crippen LogP contribution in [0.4, 0.5) is 5.82 Å². The van der Waals surface area contributed by atoms with Crippen LogP contribution in [0, 0.1) is 6.92 Å². The van der Waals surface area contributed by atoms with E-state index in [0.717, 1.165) is 5.69 Å². The summed E-state index contributed by atoms with van der Waals surface area (Å²) >= 11 is 1.18. The third-order valence-corrected chi connectivity index (χ3v) is 3.81. The number of hydrogen-bond acceptors (Lipinski definition) is 7. The number of H-pyrrole nitrogens is 1. The normalized spacial score (nSPS) is 10.7. The van der Waals surface area contributed by atoms with Crippen molar-refractivity contribution in [3.05, 3.63) is 36.2 Å². The fourth-order valence-corrected chi connectivity index (χ4v) is 2.48. The van der Waals surface area contributed by atoms with E-state index in [4.69, 9.17) is 5.84 Å². The second kappa shape index (κ2) is 6.48. The molecule has 0 bridgehead atoms. The molecule has 0 aliphatic heterocycles. The van der Waals surface area contributed by atoms with Crippen molar-refractivity contribution in [2.45, 2.75) is 12.1 Å². The summed E-state index contributed by atoms with van der Waals surface area (Å²) in [6, 6.07) is 7.10. The number of aromatic amines is 1. The molecule has 9 nitrogen and oxygen atoms in total. The molecule has 0 spiro atoms. The van der Waals surface area contributed by atoms with E-state index in [1.165, 1.54) is 16.4 Å². The van der Waals surface area contributed by atoms with E-state index in [1.54, 1.807) is 24.4 Å². The first-order valence-corrected chi connectivity index (χ1v) is 7.68. The number of carbonyl (C=O) groups excluding carboxylic acids is 1. The maximum absolute atomic E-state index is 11.9. The second-order valence-corrected chi connectivity index (χ2v) is 5.61. The van der Waals surface area contributed by atoms with E-state index in [2.05, 4.69) is 30.7 Å². The lowest BCUT2D eigenvalue weighted by molar-refractivity contribution is -0.113. The lowest BCUT2D eigenvalue weighted by atomic mass is 10.3. The zero-order valence-electron chi connectivity index (χ0n) is 12.2. The van der Waals surface area contributed by atoms with Crippen LogP contribution in [-0.2, 0) is 4.79 Å². The Kier molecular flexibility index (Phi) is 4.24. The summed E-state index contributed by atoms with van der Waals surface area (Å²) in [6.07, 6.45) is 1.61. The molecule has 0 saturated carbocycles. The molecule has 0 aromatic carbocycles. The minimum absolute atomic E-state index is 0.144. The van der Waals surface area contributed by atoms with Gasteiger partial charge in [0.1, 0.15) is 11.5 Å². The Morgan fingerprint density at radius 3 is 3.00 bits per heavy atom. The number of aryl methyl sites for hydroxylation is 1. The van der Waals surface area contributed by atoms with Gasteiger partial charge in [0.05, 0.1) is 5.75 Å². The summed E-state index contributed by atoms with van der Waals surface area (Å²) in [4.78, 5) is 15.9. The third kappa shape index (κ3) is 3.48. The van der Waals surface area contributed by atoms with Crippen molar-refractivity contribution in [1.82, 2.24) is 30.1 Å². The number of thioether (sulfide) groups is 1. The molecule has 0 aliphatic carbocycles. The highest BCUT2D eigenvalue weighted by Crippen LogP contribution is 2.20. The molecule has 1 amide bonds. The quantitative estimate of drug-likeness (QED) is 0.466. The van der Waals surface area contributed by atoms with Crippen LogP contribution in [0.15, 0.2) is 35.6 Å². The molecular weight excluding hydrogens is 316 g/mol. The van der Waals surface area contributed by atoms with Crippen LogP contribution in [0.25, 0.3) is 11.5 Å². The van der Waals surface area contributed by atoms with Gasteiger partial charge in [-0.05, 0) is 25.1 Å². The van der Waals surface area contributed by atoms with E-state index >= 15 is 0 Å². The van der Waals surface area contributed by atoms with Crippen molar-refractivity contribution in [3.63, 3.8) is 0 Å². The molecule has 0 atom stereocenters. The largest absolute Gasteiger partial charge is 0.335 e. The minimum Gasteiger partial charge on any atom is -0.335 e. The highest BCUT2D eigenvalue weighted by atomic mass is 32.2. The number of nitrogens with zero attached hydrogens (tertiary/aromatic N) is 5. The number of amides is 1. The average Bonchev–Trinajstić information content (AvgIpc) is 3.12. The van der Waals surface area contributed by atoms with Crippen molar-refractivity contribution < 1.29 is 4.79 Å². The van der Waals surface area contributed by atoms with E-state index in [-0.39, 0.29) is 11.7 Å². The Labute approximate surface area is 135 Å². The van der Waals surface area contributed by atoms with Gasteiger partial charge in [-0.2, -0.15) is 5.10 Å². The number of nitrogens with one attached hydrogen (secondary N) is 2. The van der Waals surface area contributed by atoms with Crippen molar-refractivity contribution in [1.29, 1.82) is 0 Å². The zero-order chi connectivity index (χ0) is 16.2. The lowest BCUT2D eigenvalue weighted by Gasteiger charge is -2.04. The molecule has 3 aromatic rings. The van der Waals surface area contributed by atoms with Crippen molar-refractivity contribution in [2.75, 3.05) is 16.9 Å². The monoisotopic (exact) mass is 330 g/mol. The zero-order valence-corrected chi connectivity index (χ0v) is 13.0. The number of hydrogen-bond donors (Lipinski definition) is 3. The van der Waals surface area contributed by atoms with E-state index < -0.39 is 0 Å². The molecule has 0 fully saturated rings. The standard InChI is InChI=1S/C13H14N8OS/c1-8-6-9(18-17-8)12-19-20-13(21(12)14)23-7-11(22)16-10-4-2-3-5-15-10/h2-6H,7,14H2,1H3,(H,17,18)(H,15,16,22). The molecule has 10 heteroatoms. The molecule has 23 heavy (non-hydrogen) atoms. The second-order valence-electron chi connectivity index (χ2n) is 4.66. The fraction of sp³-hybridized carbons (Fsp3) is 0.154. The van der Waals surface area contributed by atoms with Crippen LogP contribution < -0.4 is 11.2 Å². The van der Waals surface area contributed by atoms with Gasteiger partial charge >= 0.3 is 0 Å². The predicted molar refractivity (Wildman–Crippen MR) is 86.1 cm³/mol. The first kappa shape index (κ1) is 15.0. The molecular formula is C13H14N8OS. The summed E-state index contributed by atoms with van der Waals surface area (Å²) in [5, 5.41) is 18.0. The first-order chi connectivity index (χ1) is 11.1. The molecule has 4 N–H and O–H groups in total. The molecule has 118 valence electrons. The van der Waals surface area contributed by atoms with Crippen LogP contribution in [0.5, 0.6) is 0 Å². The summed E-state index contributed by atoms with van der Waals surface area (Å²) in [5.41, 5.74) is 1.49. The van der Waals surface area contributed by atoms with Crippen LogP contribution in [0.3, 0.4) is 0 Å². The number of nitrogen functional groups attached to an aromatic ring is 1. The topological polar surface area (TPSA) is 127 Å². The van der Waals surface area contributed by atoms with Gasteiger partial charge in [-0.3, -0.25) is 9.89 Å². The van der Waals surface area contributed by atoms with Gasteiger partial charge in [0.2, 0.25) is 16.9 Å². The van der Waals surface area contributed by atoms with Gasteiger partial charge in [-0.25, -0.2) is 9.66 Å². The van der Waals surface area contributed by atoms with Gasteiger partial charge < -0.3 is 11.2 Å². The minimum atomic E-state index is -0.200. The lowest BCUT2D eigenvalue weighted by Crippen LogP contribution is -2.17. The van der Waals surface area contributed by atoms with Crippen LogP contribution >= 0.6 is 11.8 Å². The van der Waals surface area contributed by atoms with E-state index in [0.29, 0.717) is 22.5 Å². The van der Waals surface area contributed by atoms with E-state index in [9.17, 15) is 4.79 Å². The van der Waals surface area contributed by atoms with Gasteiger partial charge in [-0.1, -0.05) is 17.8 Å². The van der Waals surface area contributed by atoms with E-state index in [1.807, 2.05) is 13.0 Å². The van der Waals surface area contributed by atoms with Gasteiger partial charge in [0.15, 0.2) is 0 Å². The maximum Gasteiger partial charge on any atom is 0.236 e. The van der Waals surface area contributed by atoms with Gasteiger partial charge in [-0.15, -0.1) is 10.2 Å². The van der Waals surface area contributed by atoms with Gasteiger partial charge in [0.25, 0.3) is 0 Å². The Hall–Kier alpha value is -2.88. The fourth-order valence-electron chi connectivity index (χ4n) is 1.83. The molecule has 0 aliphatic rings. The summed E-state index contributed by atoms with van der Waals surface area (Å²) in [6.45, 7) is 1.88. The SMILES string of the molecule is Cc1cc(-c2nnc(SCC(=O)Nc3ccccn3)n2N)n[nH]1. The number of rotatable bonds is 5. The van der Waals surface area contributed by atoms with Crippen LogP contribution in [-0.4, -0.2) is 41.7 Å². The summed E-state index contributed by atoms with van der Waals surface area (Å²) < 4.78 is 1.31. The number of nitrogens with two attached hydrogens (primary N) is 1. The van der Waals surface area contributed by atoms with Crippen LogP contribution in [0.2, 0.25) is 0 Å². The number of aromatic nitrogens is 6. The molecule has 3 rings (SSSR count). The number of anilines is 1. The summed E-state index contributed by atoms with van der Waals surface area (Å²) in [7, 11) is 0. The third-order valence-electron chi connectivity index (χ3n) is 2.86. The Morgan fingerprint density at radius 1 is 1.43 bits per heavy atom. The predicted octanol–water partition coefficient (Wildman–Crippen LogP) is 0.816. The van der Waals surface area contributed by atoms with Crippen LogP contribution in [0.1, 0.15) is 5.69 Å². The molecule has 3 aromatic heterocycles. The Morgan fingerprint density at radius 2 is 2.30 bits per heavy atom. The average molecular weight is 330 g/mol. The van der Waals surface area contributed by atoms with Crippen molar-refractivity contribution >= 4 is 23.5 Å². The summed E-state index contributed by atoms with van der Waals surface area (Å²) in [5.74, 6) is 6.83. The highest BCUT2D eigenvalue weighted by molar-refractivity contribution is 7.99.